The fraction of sp³-hybridized carbons (Fsp3) is 0.421. The first kappa shape index (κ1) is 16.5. The number of pyridine rings is 2. The molecule has 0 bridgehead atoms. The summed E-state index contributed by atoms with van der Waals surface area (Å²) in [5.74, 6) is 0. The summed E-state index contributed by atoms with van der Waals surface area (Å²) in [4.78, 5) is 11.4. The molecule has 0 unspecified atom stereocenters. The molecule has 3 aromatic heterocycles. The van der Waals surface area contributed by atoms with Crippen molar-refractivity contribution in [3.8, 4) is 11.1 Å². The van der Waals surface area contributed by atoms with Gasteiger partial charge < -0.3 is 4.90 Å². The van der Waals surface area contributed by atoms with Crippen LogP contribution in [-0.4, -0.2) is 44.3 Å². The highest BCUT2D eigenvalue weighted by molar-refractivity contribution is 6.29. The Morgan fingerprint density at radius 1 is 0.960 bits per heavy atom. The number of halogens is 1. The molecule has 0 saturated carbocycles. The van der Waals surface area contributed by atoms with E-state index in [1.165, 1.54) is 32.4 Å². The number of piperidine rings is 1. The largest absolute Gasteiger partial charge is 0.303 e. The lowest BCUT2D eigenvalue weighted by Crippen LogP contribution is -2.31. The quantitative estimate of drug-likeness (QED) is 0.648. The van der Waals surface area contributed by atoms with Gasteiger partial charge in [-0.1, -0.05) is 18.0 Å². The van der Waals surface area contributed by atoms with Gasteiger partial charge in [0, 0.05) is 30.1 Å². The molecule has 1 saturated heterocycles. The Hall–Kier alpha value is -1.98. The average molecular weight is 356 g/mol. The summed E-state index contributed by atoms with van der Waals surface area (Å²) in [6, 6.07) is 5.67. The molecule has 1 aliphatic rings. The van der Waals surface area contributed by atoms with Crippen molar-refractivity contribution in [3.63, 3.8) is 0 Å². The summed E-state index contributed by atoms with van der Waals surface area (Å²) >= 11 is 5.98. The van der Waals surface area contributed by atoms with Gasteiger partial charge in [0.25, 0.3) is 0 Å². The van der Waals surface area contributed by atoms with E-state index in [1.807, 2.05) is 29.2 Å². The third-order valence-corrected chi connectivity index (χ3v) is 4.99. The Labute approximate surface area is 152 Å². The van der Waals surface area contributed by atoms with E-state index in [0.29, 0.717) is 5.15 Å². The van der Waals surface area contributed by atoms with Crippen LogP contribution >= 0.6 is 11.6 Å². The van der Waals surface area contributed by atoms with Gasteiger partial charge >= 0.3 is 0 Å². The van der Waals surface area contributed by atoms with Gasteiger partial charge in [-0.25, -0.2) is 4.98 Å². The molecule has 1 aliphatic heterocycles. The van der Waals surface area contributed by atoms with Crippen LogP contribution in [0.15, 0.2) is 36.8 Å². The van der Waals surface area contributed by atoms with Gasteiger partial charge in [0.1, 0.15) is 5.15 Å². The number of aryl methyl sites for hydroxylation is 1. The van der Waals surface area contributed by atoms with E-state index in [4.69, 9.17) is 11.6 Å². The van der Waals surface area contributed by atoms with Crippen LogP contribution < -0.4 is 0 Å². The third kappa shape index (κ3) is 3.99. The molecular formula is C19H22ClN5. The van der Waals surface area contributed by atoms with Crippen molar-refractivity contribution in [2.75, 3.05) is 19.6 Å². The summed E-state index contributed by atoms with van der Waals surface area (Å²) in [6.45, 7) is 4.61. The molecule has 0 atom stereocenters. The number of hydrogen-bond acceptors (Lipinski definition) is 4. The molecule has 0 radical (unpaired) electrons. The number of rotatable bonds is 5. The van der Waals surface area contributed by atoms with Crippen molar-refractivity contribution in [3.05, 3.63) is 41.9 Å². The van der Waals surface area contributed by atoms with E-state index in [2.05, 4.69) is 26.2 Å². The predicted octanol–water partition coefficient (Wildman–Crippen LogP) is 4.02. The highest BCUT2D eigenvalue weighted by atomic mass is 35.5. The summed E-state index contributed by atoms with van der Waals surface area (Å²) in [6.07, 6.45) is 11.1. The lowest BCUT2D eigenvalue weighted by molar-refractivity contribution is 0.222. The topological polar surface area (TPSA) is 46.8 Å². The molecule has 6 heteroatoms. The molecule has 0 aromatic carbocycles. The molecule has 0 aliphatic carbocycles. The highest BCUT2D eigenvalue weighted by Crippen LogP contribution is 2.22. The first-order valence-corrected chi connectivity index (χ1v) is 9.33. The van der Waals surface area contributed by atoms with Gasteiger partial charge in [-0.2, -0.15) is 5.10 Å². The minimum Gasteiger partial charge on any atom is -0.303 e. The number of aromatic nitrogens is 4. The van der Waals surface area contributed by atoms with E-state index < -0.39 is 0 Å². The Morgan fingerprint density at radius 3 is 2.72 bits per heavy atom. The summed E-state index contributed by atoms with van der Waals surface area (Å²) in [7, 11) is 0. The molecular weight excluding hydrogens is 334 g/mol. The molecule has 5 nitrogen and oxygen atoms in total. The lowest BCUT2D eigenvalue weighted by atomic mass is 10.1. The Kier molecular flexibility index (Phi) is 4.95. The fourth-order valence-electron chi connectivity index (χ4n) is 3.41. The van der Waals surface area contributed by atoms with Crippen LogP contribution in [-0.2, 0) is 6.54 Å². The molecule has 25 heavy (non-hydrogen) atoms. The summed E-state index contributed by atoms with van der Waals surface area (Å²) < 4.78 is 2.02. The van der Waals surface area contributed by atoms with Crippen LogP contribution in [0.3, 0.4) is 0 Å². The zero-order valence-electron chi connectivity index (χ0n) is 14.2. The van der Waals surface area contributed by atoms with Crippen molar-refractivity contribution < 1.29 is 0 Å². The van der Waals surface area contributed by atoms with Crippen LogP contribution in [0.2, 0.25) is 5.15 Å². The van der Waals surface area contributed by atoms with Gasteiger partial charge in [-0.15, -0.1) is 0 Å². The first-order valence-electron chi connectivity index (χ1n) is 8.95. The second-order valence-electron chi connectivity index (χ2n) is 6.64. The molecule has 0 spiro atoms. The second-order valence-corrected chi connectivity index (χ2v) is 7.03. The fourth-order valence-corrected chi connectivity index (χ4v) is 3.57. The number of hydrogen-bond donors (Lipinski definition) is 0. The molecule has 0 N–H and O–H groups in total. The van der Waals surface area contributed by atoms with Crippen molar-refractivity contribution in [1.82, 2.24) is 24.6 Å². The first-order chi connectivity index (χ1) is 12.3. The van der Waals surface area contributed by atoms with Crippen LogP contribution in [0.5, 0.6) is 0 Å². The Morgan fingerprint density at radius 2 is 1.84 bits per heavy atom. The standard InChI is InChI=1S/C19H22ClN5/c20-19-6-5-17-18(23-19)11-15(12-21-17)16-13-22-25(14-16)10-4-9-24-7-2-1-3-8-24/h5-6,11-14H,1-4,7-10H2. The number of fused-ring (bicyclic) bond motifs is 1. The van der Waals surface area contributed by atoms with E-state index in [1.54, 1.807) is 6.07 Å². The Balaban J connectivity index is 1.42. The summed E-state index contributed by atoms with van der Waals surface area (Å²) in [5, 5.41) is 4.98. The van der Waals surface area contributed by atoms with E-state index in [0.717, 1.165) is 41.7 Å². The molecule has 3 aromatic rings. The van der Waals surface area contributed by atoms with Gasteiger partial charge in [0.2, 0.25) is 0 Å². The Bertz CT molecular complexity index is 854. The predicted molar refractivity (Wildman–Crippen MR) is 101 cm³/mol. The lowest BCUT2D eigenvalue weighted by Gasteiger charge is -2.26. The highest BCUT2D eigenvalue weighted by Gasteiger charge is 2.10. The number of likely N-dealkylation sites (tertiary alicyclic amines) is 1. The zero-order valence-corrected chi connectivity index (χ0v) is 15.0. The van der Waals surface area contributed by atoms with Crippen molar-refractivity contribution in [2.45, 2.75) is 32.2 Å². The average Bonchev–Trinajstić information content (AvgIpc) is 3.11. The molecule has 1 fully saturated rings. The van der Waals surface area contributed by atoms with Crippen molar-refractivity contribution in [1.29, 1.82) is 0 Å². The second kappa shape index (κ2) is 7.50. The molecule has 4 heterocycles. The molecule has 4 rings (SSSR count). The van der Waals surface area contributed by atoms with E-state index in [-0.39, 0.29) is 0 Å². The van der Waals surface area contributed by atoms with Crippen molar-refractivity contribution in [2.24, 2.45) is 0 Å². The van der Waals surface area contributed by atoms with Gasteiger partial charge in [-0.3, -0.25) is 9.67 Å². The maximum Gasteiger partial charge on any atom is 0.129 e. The van der Waals surface area contributed by atoms with Crippen molar-refractivity contribution >= 4 is 22.6 Å². The monoisotopic (exact) mass is 355 g/mol. The van der Waals surface area contributed by atoms with Gasteiger partial charge in [0.05, 0.1) is 17.2 Å². The SMILES string of the molecule is Clc1ccc2ncc(-c3cnn(CCCN4CCCCC4)c3)cc2n1. The van der Waals surface area contributed by atoms with Crippen LogP contribution in [0.25, 0.3) is 22.2 Å². The van der Waals surface area contributed by atoms with Crippen LogP contribution in [0, 0.1) is 0 Å². The minimum absolute atomic E-state index is 0.486. The maximum absolute atomic E-state index is 5.98. The molecule has 130 valence electrons. The third-order valence-electron chi connectivity index (χ3n) is 4.78. The maximum atomic E-state index is 5.98. The number of nitrogens with zero attached hydrogens (tertiary/aromatic N) is 5. The van der Waals surface area contributed by atoms with E-state index in [9.17, 15) is 0 Å². The van der Waals surface area contributed by atoms with Crippen LogP contribution in [0.4, 0.5) is 0 Å². The van der Waals surface area contributed by atoms with E-state index >= 15 is 0 Å². The van der Waals surface area contributed by atoms with Gasteiger partial charge in [-0.05, 0) is 57.1 Å². The normalized spacial score (nSPS) is 15.7. The zero-order chi connectivity index (χ0) is 17.1. The van der Waals surface area contributed by atoms with Gasteiger partial charge in [0.15, 0.2) is 0 Å². The van der Waals surface area contributed by atoms with Crippen LogP contribution in [0.1, 0.15) is 25.7 Å². The smallest absolute Gasteiger partial charge is 0.129 e. The summed E-state index contributed by atoms with van der Waals surface area (Å²) in [5.41, 5.74) is 3.74. The minimum atomic E-state index is 0.486. The molecule has 0 amide bonds.